The minimum Gasteiger partial charge on any atom is -0.293 e. The van der Waals surface area contributed by atoms with Gasteiger partial charge in [-0.05, 0) is 30.0 Å². The fraction of sp³-hybridized carbons (Fsp3) is 0.600. The molecule has 0 spiro atoms. The molecule has 100 valence electrons. The van der Waals surface area contributed by atoms with Gasteiger partial charge >= 0.3 is 0 Å². The van der Waals surface area contributed by atoms with E-state index in [-0.39, 0.29) is 13.0 Å². The number of hydrogen-bond acceptors (Lipinski definition) is 1. The first-order valence-electron chi connectivity index (χ1n) is 6.65. The summed E-state index contributed by atoms with van der Waals surface area (Å²) < 4.78 is 26.6. The van der Waals surface area contributed by atoms with Gasteiger partial charge in [0.25, 0.3) is 5.92 Å². The van der Waals surface area contributed by atoms with Crippen LogP contribution in [0.1, 0.15) is 43.7 Å². The zero-order valence-electron chi connectivity index (χ0n) is 11.1. The standard InChI is InChI=1S/C15H21F2N/c1-12(2)14-6-3-5-13(9-14)10-18-8-4-7-15(16,17)11-18/h3,5-6,9,12H,4,7-8,10-11H2,1-2H3. The van der Waals surface area contributed by atoms with E-state index in [2.05, 4.69) is 26.0 Å². The van der Waals surface area contributed by atoms with Crippen molar-refractivity contribution in [2.45, 2.75) is 45.1 Å². The van der Waals surface area contributed by atoms with Gasteiger partial charge in [0.15, 0.2) is 0 Å². The molecular weight excluding hydrogens is 232 g/mol. The number of benzene rings is 1. The summed E-state index contributed by atoms with van der Waals surface area (Å²) in [6.45, 7) is 5.61. The third-order valence-corrected chi connectivity index (χ3v) is 3.50. The van der Waals surface area contributed by atoms with E-state index in [1.165, 1.54) is 5.56 Å². The second-order valence-electron chi connectivity index (χ2n) is 5.57. The lowest BCUT2D eigenvalue weighted by Crippen LogP contribution is -2.42. The van der Waals surface area contributed by atoms with Crippen LogP contribution in [-0.4, -0.2) is 23.9 Å². The summed E-state index contributed by atoms with van der Waals surface area (Å²) in [4.78, 5) is 1.86. The molecule has 0 amide bonds. The molecule has 1 saturated heterocycles. The van der Waals surface area contributed by atoms with Crippen molar-refractivity contribution in [2.75, 3.05) is 13.1 Å². The molecule has 1 aliphatic heterocycles. The van der Waals surface area contributed by atoms with Crippen LogP contribution in [0.25, 0.3) is 0 Å². The first kappa shape index (κ1) is 13.5. The third-order valence-electron chi connectivity index (χ3n) is 3.50. The number of hydrogen-bond donors (Lipinski definition) is 0. The maximum atomic E-state index is 13.3. The Kier molecular flexibility index (Phi) is 4.00. The van der Waals surface area contributed by atoms with Gasteiger partial charge in [-0.1, -0.05) is 38.1 Å². The van der Waals surface area contributed by atoms with Crippen LogP contribution in [0.15, 0.2) is 24.3 Å². The van der Waals surface area contributed by atoms with E-state index in [0.29, 0.717) is 18.9 Å². The zero-order valence-corrected chi connectivity index (χ0v) is 11.1. The van der Waals surface area contributed by atoms with Gasteiger partial charge < -0.3 is 0 Å². The van der Waals surface area contributed by atoms with Crippen LogP contribution in [0, 0.1) is 0 Å². The summed E-state index contributed by atoms with van der Waals surface area (Å²) in [6, 6.07) is 8.28. The molecule has 0 atom stereocenters. The lowest BCUT2D eigenvalue weighted by molar-refractivity contribution is -0.0661. The number of halogens is 2. The van der Waals surface area contributed by atoms with Crippen LogP contribution in [0.3, 0.4) is 0 Å². The molecule has 0 bridgehead atoms. The van der Waals surface area contributed by atoms with Crippen LogP contribution >= 0.6 is 0 Å². The highest BCUT2D eigenvalue weighted by Crippen LogP contribution is 2.27. The molecule has 0 radical (unpaired) electrons. The Balaban J connectivity index is 2.03. The highest BCUT2D eigenvalue weighted by Gasteiger charge is 2.34. The fourth-order valence-corrected chi connectivity index (χ4v) is 2.49. The Hall–Kier alpha value is -0.960. The van der Waals surface area contributed by atoms with E-state index >= 15 is 0 Å². The third kappa shape index (κ3) is 3.52. The highest BCUT2D eigenvalue weighted by molar-refractivity contribution is 5.25. The van der Waals surface area contributed by atoms with Crippen molar-refractivity contribution in [1.29, 1.82) is 0 Å². The molecule has 0 saturated carbocycles. The predicted octanol–water partition coefficient (Wildman–Crippen LogP) is 4.04. The van der Waals surface area contributed by atoms with Gasteiger partial charge in [0.1, 0.15) is 0 Å². The monoisotopic (exact) mass is 253 g/mol. The van der Waals surface area contributed by atoms with E-state index < -0.39 is 5.92 Å². The normalized spacial score (nSPS) is 20.3. The molecule has 0 aromatic heterocycles. The molecule has 1 fully saturated rings. The van der Waals surface area contributed by atoms with E-state index in [1.807, 2.05) is 17.0 Å². The number of likely N-dealkylation sites (tertiary alicyclic amines) is 1. The van der Waals surface area contributed by atoms with Crippen LogP contribution in [-0.2, 0) is 6.54 Å². The Morgan fingerprint density at radius 3 is 2.78 bits per heavy atom. The predicted molar refractivity (Wildman–Crippen MR) is 70.0 cm³/mol. The van der Waals surface area contributed by atoms with Crippen molar-refractivity contribution in [2.24, 2.45) is 0 Å². The Labute approximate surface area is 108 Å². The first-order valence-corrected chi connectivity index (χ1v) is 6.65. The second-order valence-corrected chi connectivity index (χ2v) is 5.57. The quantitative estimate of drug-likeness (QED) is 0.785. The van der Waals surface area contributed by atoms with Crippen molar-refractivity contribution in [1.82, 2.24) is 4.90 Å². The molecule has 1 heterocycles. The summed E-state index contributed by atoms with van der Waals surface area (Å²) in [5.41, 5.74) is 2.41. The molecule has 1 aromatic rings. The smallest absolute Gasteiger partial charge is 0.260 e. The molecular formula is C15H21F2N. The Morgan fingerprint density at radius 1 is 1.33 bits per heavy atom. The minimum atomic E-state index is -2.51. The molecule has 1 aromatic carbocycles. The van der Waals surface area contributed by atoms with Crippen LogP contribution < -0.4 is 0 Å². The molecule has 1 aliphatic rings. The van der Waals surface area contributed by atoms with Gasteiger partial charge in [-0.3, -0.25) is 4.90 Å². The molecule has 3 heteroatoms. The van der Waals surface area contributed by atoms with Gasteiger partial charge in [-0.2, -0.15) is 0 Å². The van der Waals surface area contributed by atoms with Gasteiger partial charge in [0.05, 0.1) is 6.54 Å². The molecule has 1 nitrogen and oxygen atoms in total. The topological polar surface area (TPSA) is 3.24 Å². The molecule has 0 N–H and O–H groups in total. The lowest BCUT2D eigenvalue weighted by Gasteiger charge is -2.32. The zero-order chi connectivity index (χ0) is 13.2. The van der Waals surface area contributed by atoms with Crippen molar-refractivity contribution < 1.29 is 8.78 Å². The van der Waals surface area contributed by atoms with Crippen LogP contribution in [0.4, 0.5) is 8.78 Å². The number of alkyl halides is 2. The molecule has 0 aliphatic carbocycles. The summed E-state index contributed by atoms with van der Waals surface area (Å²) >= 11 is 0. The lowest BCUT2D eigenvalue weighted by atomic mass is 10.00. The Bertz CT molecular complexity index is 401. The number of piperidine rings is 1. The van der Waals surface area contributed by atoms with Crippen molar-refractivity contribution in [3.63, 3.8) is 0 Å². The van der Waals surface area contributed by atoms with Gasteiger partial charge in [0.2, 0.25) is 0 Å². The van der Waals surface area contributed by atoms with E-state index in [9.17, 15) is 8.78 Å². The average molecular weight is 253 g/mol. The average Bonchev–Trinajstić information content (AvgIpc) is 2.28. The van der Waals surface area contributed by atoms with E-state index in [1.54, 1.807) is 0 Å². The van der Waals surface area contributed by atoms with Crippen molar-refractivity contribution in [3.8, 4) is 0 Å². The molecule has 18 heavy (non-hydrogen) atoms. The maximum absolute atomic E-state index is 13.3. The maximum Gasteiger partial charge on any atom is 0.260 e. The largest absolute Gasteiger partial charge is 0.293 e. The van der Waals surface area contributed by atoms with Crippen molar-refractivity contribution >= 4 is 0 Å². The summed E-state index contributed by atoms with van der Waals surface area (Å²) in [7, 11) is 0. The summed E-state index contributed by atoms with van der Waals surface area (Å²) in [5.74, 6) is -2.03. The van der Waals surface area contributed by atoms with Crippen LogP contribution in [0.2, 0.25) is 0 Å². The SMILES string of the molecule is CC(C)c1cccc(CN2CCCC(F)(F)C2)c1. The Morgan fingerprint density at radius 2 is 2.11 bits per heavy atom. The molecule has 2 rings (SSSR count). The van der Waals surface area contributed by atoms with Gasteiger partial charge in [-0.25, -0.2) is 8.78 Å². The highest BCUT2D eigenvalue weighted by atomic mass is 19.3. The summed E-state index contributed by atoms with van der Waals surface area (Å²) in [6.07, 6.45) is 0.631. The number of nitrogens with zero attached hydrogens (tertiary/aromatic N) is 1. The first-order chi connectivity index (χ1) is 8.46. The van der Waals surface area contributed by atoms with E-state index in [0.717, 1.165) is 12.1 Å². The number of rotatable bonds is 3. The fourth-order valence-electron chi connectivity index (χ4n) is 2.49. The second kappa shape index (κ2) is 5.35. The van der Waals surface area contributed by atoms with E-state index in [4.69, 9.17) is 0 Å². The molecule has 0 unspecified atom stereocenters. The van der Waals surface area contributed by atoms with Gasteiger partial charge in [-0.15, -0.1) is 0 Å². The van der Waals surface area contributed by atoms with Crippen molar-refractivity contribution in [3.05, 3.63) is 35.4 Å². The summed E-state index contributed by atoms with van der Waals surface area (Å²) in [5, 5.41) is 0. The minimum absolute atomic E-state index is 0.0372. The van der Waals surface area contributed by atoms with Gasteiger partial charge in [0, 0.05) is 13.0 Å². The van der Waals surface area contributed by atoms with Crippen LogP contribution in [0.5, 0.6) is 0 Å².